The fraction of sp³-hybridized carbons (Fsp3) is 0.360. The normalized spacial score (nSPS) is 21.7. The molecule has 2 aromatic rings. The van der Waals surface area contributed by atoms with Gasteiger partial charge >= 0.3 is 12.1 Å². The highest BCUT2D eigenvalue weighted by Crippen LogP contribution is 2.51. The van der Waals surface area contributed by atoms with Gasteiger partial charge in [0.2, 0.25) is 11.8 Å². The number of fused-ring (bicyclic) bond motifs is 1. The van der Waals surface area contributed by atoms with Gasteiger partial charge in [-0.05, 0) is 37.1 Å². The highest BCUT2D eigenvalue weighted by atomic mass is 35.5. The van der Waals surface area contributed by atoms with E-state index in [1.807, 2.05) is 0 Å². The van der Waals surface area contributed by atoms with E-state index < -0.39 is 63.1 Å². The van der Waals surface area contributed by atoms with Crippen LogP contribution >= 0.6 is 23.4 Å². The molecule has 2 aliphatic heterocycles. The zero-order valence-electron chi connectivity index (χ0n) is 20.9. The van der Waals surface area contributed by atoms with Gasteiger partial charge in [-0.15, -0.1) is 11.8 Å². The molecule has 2 unspecified atom stereocenters. The Kier molecular flexibility index (Phi) is 8.31. The maximum absolute atomic E-state index is 13.2. The number of nitrogens with zero attached hydrogens (tertiary/aromatic N) is 2. The number of hydrogen-bond acceptors (Lipinski definition) is 9. The highest BCUT2D eigenvalue weighted by molar-refractivity contribution is 8.01. The number of β-lactam (4-membered cyclic amide) rings is 1. The van der Waals surface area contributed by atoms with Crippen molar-refractivity contribution in [1.82, 2.24) is 15.5 Å². The summed E-state index contributed by atoms with van der Waals surface area (Å²) in [5.41, 5.74) is 0.944. The number of benzene rings is 2. The Morgan fingerprint density at radius 2 is 1.79 bits per heavy atom. The third kappa shape index (κ3) is 5.93. The average molecular weight is 577 g/mol. The second-order valence-corrected chi connectivity index (χ2v) is 11.3. The minimum atomic E-state index is -1.15. The first kappa shape index (κ1) is 28.2. The van der Waals surface area contributed by atoms with Gasteiger partial charge in [0.1, 0.15) is 30.1 Å². The number of amides is 3. The number of hydrogen-bond donors (Lipinski definition) is 2. The first-order valence-electron chi connectivity index (χ1n) is 11.8. The summed E-state index contributed by atoms with van der Waals surface area (Å²) in [6.45, 7) is 3.48. The molecule has 2 aliphatic rings. The number of ether oxygens (including phenoxy) is 2. The Labute approximate surface area is 232 Å². The molecule has 2 fully saturated rings. The van der Waals surface area contributed by atoms with Gasteiger partial charge in [0.25, 0.3) is 5.69 Å². The first-order valence-corrected chi connectivity index (χ1v) is 13.2. The number of alkyl halides is 1. The van der Waals surface area contributed by atoms with Crippen LogP contribution in [0.15, 0.2) is 54.6 Å². The molecular formula is C25H25ClN4O8S. The van der Waals surface area contributed by atoms with Gasteiger partial charge < -0.3 is 25.0 Å². The van der Waals surface area contributed by atoms with Crippen molar-refractivity contribution in [3.63, 3.8) is 0 Å². The van der Waals surface area contributed by atoms with Crippen molar-refractivity contribution in [2.45, 2.75) is 48.7 Å². The third-order valence-electron chi connectivity index (χ3n) is 6.33. The molecule has 0 spiro atoms. The van der Waals surface area contributed by atoms with Gasteiger partial charge in [-0.1, -0.05) is 41.9 Å². The fourth-order valence-electron chi connectivity index (χ4n) is 4.47. The first-order chi connectivity index (χ1) is 18.5. The van der Waals surface area contributed by atoms with Crippen LogP contribution in [0.4, 0.5) is 10.5 Å². The molecular weight excluding hydrogens is 552 g/mol. The summed E-state index contributed by atoms with van der Waals surface area (Å²) in [6.07, 6.45) is -0.900. The zero-order chi connectivity index (χ0) is 28.3. The number of esters is 1. The van der Waals surface area contributed by atoms with E-state index in [1.165, 1.54) is 40.9 Å². The largest absolute Gasteiger partial charge is 0.459 e. The van der Waals surface area contributed by atoms with Crippen LogP contribution in [0, 0.1) is 10.1 Å². The highest BCUT2D eigenvalue weighted by Gasteiger charge is 2.64. The minimum Gasteiger partial charge on any atom is -0.459 e. The Balaban J connectivity index is 1.42. The van der Waals surface area contributed by atoms with Crippen LogP contribution in [0.25, 0.3) is 0 Å². The Morgan fingerprint density at radius 1 is 1.13 bits per heavy atom. The standard InChI is InChI=1S/C25H25ClN4O8S/c1-25(2)19(23(33)37-12-14-8-10-16(11-9-14)30(35)36)29-21(32)18(22(29)39-25)27-20(31)17(28-24(34)38-13-26)15-6-4-3-5-7-15/h3-11,17-19,22H,12-13H2,1-2H3,(H,27,31)(H,28,34)/t17?,18?,19-,22+/m0/s1. The minimum absolute atomic E-state index is 0.0823. The van der Waals surface area contributed by atoms with Crippen molar-refractivity contribution in [1.29, 1.82) is 0 Å². The van der Waals surface area contributed by atoms with Crippen molar-refractivity contribution in [3.05, 3.63) is 75.8 Å². The predicted molar refractivity (Wildman–Crippen MR) is 140 cm³/mol. The lowest BCUT2D eigenvalue weighted by Crippen LogP contribution is -2.71. The van der Waals surface area contributed by atoms with Crippen molar-refractivity contribution in [2.75, 3.05) is 6.07 Å². The summed E-state index contributed by atoms with van der Waals surface area (Å²) in [4.78, 5) is 63.1. The van der Waals surface area contributed by atoms with Gasteiger partial charge in [-0.25, -0.2) is 9.59 Å². The number of carbonyl (C=O) groups excluding carboxylic acids is 4. The van der Waals surface area contributed by atoms with Gasteiger partial charge in [0.15, 0.2) is 6.07 Å². The van der Waals surface area contributed by atoms with Crippen LogP contribution in [0.1, 0.15) is 31.0 Å². The summed E-state index contributed by atoms with van der Waals surface area (Å²) >= 11 is 6.79. The van der Waals surface area contributed by atoms with E-state index in [9.17, 15) is 29.3 Å². The monoisotopic (exact) mass is 576 g/mol. The molecule has 2 aromatic carbocycles. The molecule has 206 valence electrons. The summed E-state index contributed by atoms with van der Waals surface area (Å²) in [5.74, 6) is -1.72. The summed E-state index contributed by atoms with van der Waals surface area (Å²) in [6, 6.07) is 10.7. The van der Waals surface area contributed by atoms with Gasteiger partial charge in [-0.2, -0.15) is 0 Å². The Morgan fingerprint density at radius 3 is 2.41 bits per heavy atom. The van der Waals surface area contributed by atoms with Crippen molar-refractivity contribution in [3.8, 4) is 0 Å². The number of non-ortho nitro benzene ring substituents is 1. The molecule has 0 aromatic heterocycles. The molecule has 0 radical (unpaired) electrons. The lowest BCUT2D eigenvalue weighted by atomic mass is 9.95. The molecule has 2 N–H and O–H groups in total. The van der Waals surface area contributed by atoms with Crippen molar-refractivity contribution < 1.29 is 33.6 Å². The Bertz CT molecular complexity index is 1280. The molecule has 0 saturated carbocycles. The number of alkyl carbamates (subject to hydrolysis) is 1. The smallest absolute Gasteiger partial charge is 0.409 e. The van der Waals surface area contributed by atoms with E-state index >= 15 is 0 Å². The summed E-state index contributed by atoms with van der Waals surface area (Å²) in [5, 5.41) is 15.4. The topological polar surface area (TPSA) is 157 Å². The van der Waals surface area contributed by atoms with E-state index in [1.54, 1.807) is 44.2 Å². The van der Waals surface area contributed by atoms with Gasteiger partial charge in [-0.3, -0.25) is 19.7 Å². The average Bonchev–Trinajstić information content (AvgIpc) is 3.17. The SMILES string of the molecule is CC1(C)S[C@@H]2C(NC(=O)C(NC(=O)OCCl)c3ccccc3)C(=O)N2[C@H]1C(=O)OCc1ccc([N+](=O)[O-])cc1. The van der Waals surface area contributed by atoms with Gasteiger partial charge in [0.05, 0.1) is 4.92 Å². The number of thioether (sulfide) groups is 1. The number of nitro benzene ring substituents is 1. The molecule has 0 bridgehead atoms. The molecule has 4 atom stereocenters. The van der Waals surface area contributed by atoms with E-state index in [0.717, 1.165) is 0 Å². The molecule has 4 rings (SSSR count). The fourth-order valence-corrected chi connectivity index (χ4v) is 6.19. The molecule has 2 saturated heterocycles. The molecule has 3 amide bonds. The van der Waals surface area contributed by atoms with Gasteiger partial charge in [0, 0.05) is 16.9 Å². The second-order valence-electron chi connectivity index (χ2n) is 9.31. The van der Waals surface area contributed by atoms with Crippen LogP contribution < -0.4 is 10.6 Å². The molecule has 2 heterocycles. The van der Waals surface area contributed by atoms with Crippen molar-refractivity contribution in [2.24, 2.45) is 0 Å². The van der Waals surface area contributed by atoms with Crippen LogP contribution in [0.2, 0.25) is 0 Å². The van der Waals surface area contributed by atoms with E-state index in [2.05, 4.69) is 10.6 Å². The number of nitro groups is 1. The number of rotatable bonds is 9. The second kappa shape index (κ2) is 11.5. The number of carbonyl (C=O) groups is 4. The lowest BCUT2D eigenvalue weighted by molar-refractivity contribution is -0.384. The molecule has 14 heteroatoms. The Hall–Kier alpha value is -3.84. The van der Waals surface area contributed by atoms with Crippen LogP contribution in [-0.2, 0) is 30.5 Å². The predicted octanol–water partition coefficient (Wildman–Crippen LogP) is 2.85. The summed E-state index contributed by atoms with van der Waals surface area (Å²) in [7, 11) is 0. The van der Waals surface area contributed by atoms with Crippen LogP contribution in [0.3, 0.4) is 0 Å². The maximum atomic E-state index is 13.2. The lowest BCUT2D eigenvalue weighted by Gasteiger charge is -2.44. The van der Waals surface area contributed by atoms with E-state index in [0.29, 0.717) is 11.1 Å². The molecule has 12 nitrogen and oxygen atoms in total. The van der Waals surface area contributed by atoms with Crippen LogP contribution in [-0.4, -0.2) is 62.0 Å². The number of halogens is 1. The quantitative estimate of drug-likeness (QED) is 0.150. The maximum Gasteiger partial charge on any atom is 0.409 e. The zero-order valence-corrected chi connectivity index (χ0v) is 22.4. The molecule has 39 heavy (non-hydrogen) atoms. The van der Waals surface area contributed by atoms with Crippen molar-refractivity contribution >= 4 is 52.9 Å². The van der Waals surface area contributed by atoms with E-state index in [-0.39, 0.29) is 12.3 Å². The van der Waals surface area contributed by atoms with Crippen LogP contribution in [0.5, 0.6) is 0 Å². The van der Waals surface area contributed by atoms with E-state index in [4.69, 9.17) is 21.1 Å². The third-order valence-corrected chi connectivity index (χ3v) is 8.01. The summed E-state index contributed by atoms with van der Waals surface area (Å²) < 4.78 is 9.42. The number of nitrogens with one attached hydrogen (secondary N) is 2. The molecule has 0 aliphatic carbocycles.